The number of fused-ring (bicyclic) bond motifs is 1. The number of carbonyl (C=O) groups excluding carboxylic acids is 1. The highest BCUT2D eigenvalue weighted by atomic mass is 16.6. The van der Waals surface area contributed by atoms with Gasteiger partial charge in [0.25, 0.3) is 0 Å². The summed E-state index contributed by atoms with van der Waals surface area (Å²) in [5.41, 5.74) is 3.40. The van der Waals surface area contributed by atoms with Gasteiger partial charge in [-0.05, 0) is 45.2 Å². The van der Waals surface area contributed by atoms with Crippen LogP contribution >= 0.6 is 0 Å². The van der Waals surface area contributed by atoms with Gasteiger partial charge in [-0.2, -0.15) is 5.10 Å². The average molecular weight is 406 g/mol. The van der Waals surface area contributed by atoms with Gasteiger partial charge in [0.1, 0.15) is 12.7 Å². The lowest BCUT2D eigenvalue weighted by atomic mass is 10.2. The minimum absolute atomic E-state index is 0.0894. The lowest BCUT2D eigenvalue weighted by Crippen LogP contribution is -2.42. The highest BCUT2D eigenvalue weighted by Crippen LogP contribution is 2.31. The molecule has 1 aromatic heterocycles. The Bertz CT molecular complexity index is 1030. The second-order valence-electron chi connectivity index (χ2n) is 7.54. The average Bonchev–Trinajstić information content (AvgIpc) is 3.02. The number of likely N-dealkylation sites (N-methyl/N-ethyl adjacent to an activating group) is 1. The number of nitrogens with one attached hydrogen (secondary N) is 1. The third-order valence-electron chi connectivity index (χ3n) is 5.05. The van der Waals surface area contributed by atoms with Crippen molar-refractivity contribution in [2.75, 3.05) is 32.1 Å². The highest BCUT2D eigenvalue weighted by molar-refractivity contribution is 5.93. The van der Waals surface area contributed by atoms with E-state index in [1.807, 2.05) is 85.1 Å². The third kappa shape index (κ3) is 4.31. The molecule has 0 aliphatic carbocycles. The van der Waals surface area contributed by atoms with E-state index in [0.29, 0.717) is 13.2 Å². The fraction of sp³-hybridized carbons (Fsp3) is 0.304. The monoisotopic (exact) mass is 406 g/mol. The van der Waals surface area contributed by atoms with E-state index >= 15 is 0 Å². The summed E-state index contributed by atoms with van der Waals surface area (Å²) in [6.07, 6.45) is -0.123. The summed E-state index contributed by atoms with van der Waals surface area (Å²) in [4.78, 5) is 14.6. The van der Waals surface area contributed by atoms with Gasteiger partial charge >= 0.3 is 0 Å². The first-order valence-electron chi connectivity index (χ1n) is 10.00. The molecule has 2 heterocycles. The molecule has 1 amide bonds. The smallest absolute Gasteiger partial charge is 0.238 e. The first kappa shape index (κ1) is 20.0. The minimum Gasteiger partial charge on any atom is -0.486 e. The molecule has 0 fully saturated rings. The second kappa shape index (κ2) is 8.59. The molecule has 3 aromatic rings. The van der Waals surface area contributed by atoms with Crippen LogP contribution in [0.2, 0.25) is 0 Å². The minimum atomic E-state index is -0.123. The number of nitrogens with zero attached hydrogens (tertiary/aromatic N) is 3. The van der Waals surface area contributed by atoms with Crippen LogP contribution in [0.3, 0.4) is 0 Å². The zero-order valence-corrected chi connectivity index (χ0v) is 17.5. The fourth-order valence-corrected chi connectivity index (χ4v) is 3.63. The van der Waals surface area contributed by atoms with E-state index in [1.54, 1.807) is 0 Å². The fourth-order valence-electron chi connectivity index (χ4n) is 3.63. The Balaban J connectivity index is 1.35. The number of carbonyl (C=O) groups is 1. The number of hydrogen-bond acceptors (Lipinski definition) is 5. The summed E-state index contributed by atoms with van der Waals surface area (Å²) in [6.45, 7) is 5.15. The Morgan fingerprint density at radius 3 is 2.60 bits per heavy atom. The van der Waals surface area contributed by atoms with Crippen LogP contribution in [0.4, 0.5) is 5.69 Å². The molecular weight excluding hydrogens is 380 g/mol. The van der Waals surface area contributed by atoms with Crippen molar-refractivity contribution in [3.63, 3.8) is 0 Å². The molecule has 156 valence electrons. The number of aryl methyl sites for hydroxylation is 1. The van der Waals surface area contributed by atoms with E-state index in [9.17, 15) is 4.79 Å². The number of rotatable bonds is 6. The van der Waals surface area contributed by atoms with Gasteiger partial charge in [-0.15, -0.1) is 0 Å². The largest absolute Gasteiger partial charge is 0.486 e. The molecule has 0 saturated carbocycles. The van der Waals surface area contributed by atoms with E-state index in [-0.39, 0.29) is 18.6 Å². The van der Waals surface area contributed by atoms with Crippen LogP contribution in [0.15, 0.2) is 54.6 Å². The lowest BCUT2D eigenvalue weighted by molar-refractivity contribution is -0.117. The number of aromatic nitrogens is 2. The maximum Gasteiger partial charge on any atom is 0.238 e. The molecule has 1 aliphatic rings. The number of anilines is 1. The van der Waals surface area contributed by atoms with E-state index in [0.717, 1.165) is 34.3 Å². The Kier molecular flexibility index (Phi) is 5.72. The molecule has 7 nitrogen and oxygen atoms in total. The van der Waals surface area contributed by atoms with Gasteiger partial charge in [-0.1, -0.05) is 30.3 Å². The van der Waals surface area contributed by atoms with E-state index in [4.69, 9.17) is 9.47 Å². The molecule has 7 heteroatoms. The maximum absolute atomic E-state index is 12.7. The molecule has 1 atom stereocenters. The molecule has 1 N–H and O–H groups in total. The summed E-state index contributed by atoms with van der Waals surface area (Å²) >= 11 is 0. The second-order valence-corrected chi connectivity index (χ2v) is 7.54. The Morgan fingerprint density at radius 2 is 1.83 bits per heavy atom. The number of ether oxygens (including phenoxy) is 2. The topological polar surface area (TPSA) is 68.6 Å². The van der Waals surface area contributed by atoms with Crippen molar-refractivity contribution in [2.24, 2.45) is 0 Å². The predicted octanol–water partition coefficient (Wildman–Crippen LogP) is 3.20. The van der Waals surface area contributed by atoms with Gasteiger partial charge in [-0.3, -0.25) is 9.69 Å². The summed E-state index contributed by atoms with van der Waals surface area (Å²) in [7, 11) is 1.90. The number of para-hydroxylation sites is 3. The van der Waals surface area contributed by atoms with Crippen LogP contribution < -0.4 is 14.8 Å². The first-order valence-corrected chi connectivity index (χ1v) is 10.00. The molecule has 1 unspecified atom stereocenters. The van der Waals surface area contributed by atoms with Crippen LogP contribution in [0.5, 0.6) is 11.5 Å². The summed E-state index contributed by atoms with van der Waals surface area (Å²) in [5.74, 6) is 1.41. The third-order valence-corrected chi connectivity index (χ3v) is 5.05. The van der Waals surface area contributed by atoms with Gasteiger partial charge < -0.3 is 14.8 Å². The molecule has 0 saturated heterocycles. The van der Waals surface area contributed by atoms with Gasteiger partial charge in [0.05, 0.1) is 29.3 Å². The maximum atomic E-state index is 12.7. The summed E-state index contributed by atoms with van der Waals surface area (Å²) in [5, 5.41) is 7.60. The number of hydrogen-bond donors (Lipinski definition) is 1. The van der Waals surface area contributed by atoms with Crippen LogP contribution in [-0.4, -0.2) is 53.4 Å². The Labute approximate surface area is 176 Å². The van der Waals surface area contributed by atoms with Crippen molar-refractivity contribution in [3.8, 4) is 17.2 Å². The van der Waals surface area contributed by atoms with Crippen molar-refractivity contribution in [2.45, 2.75) is 20.0 Å². The quantitative estimate of drug-likeness (QED) is 0.681. The molecule has 1 aliphatic heterocycles. The number of benzene rings is 2. The van der Waals surface area contributed by atoms with E-state index < -0.39 is 0 Å². The summed E-state index contributed by atoms with van der Waals surface area (Å²) in [6, 6.07) is 17.5. The van der Waals surface area contributed by atoms with Crippen molar-refractivity contribution < 1.29 is 14.3 Å². The van der Waals surface area contributed by atoms with E-state index in [1.165, 1.54) is 0 Å². The molecule has 4 rings (SSSR count). The Hall–Kier alpha value is -3.32. The molecule has 0 spiro atoms. The SMILES string of the molecule is Cc1nn(-c2ccccc2)c(C)c1NC(=O)CN(C)CC1COc2ccccc2O1. The van der Waals surface area contributed by atoms with Gasteiger partial charge in [0.15, 0.2) is 11.5 Å². The highest BCUT2D eigenvalue weighted by Gasteiger charge is 2.23. The first-order chi connectivity index (χ1) is 14.5. The van der Waals surface area contributed by atoms with Crippen LogP contribution in [0.1, 0.15) is 11.4 Å². The van der Waals surface area contributed by atoms with E-state index in [2.05, 4.69) is 10.4 Å². The van der Waals surface area contributed by atoms with Crippen LogP contribution in [0, 0.1) is 13.8 Å². The zero-order chi connectivity index (χ0) is 21.1. The van der Waals surface area contributed by atoms with Crippen LogP contribution in [-0.2, 0) is 4.79 Å². The van der Waals surface area contributed by atoms with Crippen LogP contribution in [0.25, 0.3) is 5.69 Å². The lowest BCUT2D eigenvalue weighted by Gasteiger charge is -2.29. The molecule has 30 heavy (non-hydrogen) atoms. The van der Waals surface area contributed by atoms with Crippen molar-refractivity contribution in [3.05, 3.63) is 66.0 Å². The predicted molar refractivity (Wildman–Crippen MR) is 116 cm³/mol. The summed E-state index contributed by atoms with van der Waals surface area (Å²) < 4.78 is 13.6. The normalized spacial score (nSPS) is 15.3. The standard InChI is InChI=1S/C23H26N4O3/c1-16-23(17(2)27(25-16)18-9-5-4-6-10-18)24-22(28)14-26(3)13-19-15-29-20-11-7-8-12-21(20)30-19/h4-12,19H,13-15H2,1-3H3,(H,24,28). The van der Waals surface area contributed by atoms with Crippen molar-refractivity contribution in [1.29, 1.82) is 0 Å². The van der Waals surface area contributed by atoms with Crippen molar-refractivity contribution >= 4 is 11.6 Å². The van der Waals surface area contributed by atoms with Gasteiger partial charge in [0.2, 0.25) is 5.91 Å². The van der Waals surface area contributed by atoms with Gasteiger partial charge in [-0.25, -0.2) is 4.68 Å². The zero-order valence-electron chi connectivity index (χ0n) is 17.5. The number of amides is 1. The molecule has 2 aromatic carbocycles. The van der Waals surface area contributed by atoms with Gasteiger partial charge in [0, 0.05) is 6.54 Å². The molecule has 0 bridgehead atoms. The Morgan fingerprint density at radius 1 is 1.13 bits per heavy atom. The molecular formula is C23H26N4O3. The molecule has 0 radical (unpaired) electrons. The van der Waals surface area contributed by atoms with Crippen molar-refractivity contribution in [1.82, 2.24) is 14.7 Å².